The first-order chi connectivity index (χ1) is 9.83. The number of nitrogens with two attached hydrogens (primary N) is 1. The predicted octanol–water partition coefficient (Wildman–Crippen LogP) is 2.59. The molecule has 2 aliphatic carbocycles. The van der Waals surface area contributed by atoms with Gasteiger partial charge in [-0.25, -0.2) is 9.97 Å². The number of benzene rings is 1. The summed E-state index contributed by atoms with van der Waals surface area (Å²) in [5.41, 5.74) is 8.94. The molecule has 1 saturated carbocycles. The van der Waals surface area contributed by atoms with Crippen LogP contribution >= 0.6 is 0 Å². The van der Waals surface area contributed by atoms with E-state index < -0.39 is 0 Å². The van der Waals surface area contributed by atoms with E-state index in [0.29, 0.717) is 23.7 Å². The first kappa shape index (κ1) is 11.7. The third-order valence-electron chi connectivity index (χ3n) is 4.79. The average molecular weight is 266 g/mol. The Morgan fingerprint density at radius 1 is 1.15 bits per heavy atom. The van der Waals surface area contributed by atoms with E-state index in [9.17, 15) is 0 Å². The minimum atomic E-state index is 0.479. The summed E-state index contributed by atoms with van der Waals surface area (Å²) in [4.78, 5) is 8.37. The number of nitrogens with one attached hydrogen (secondary N) is 1. The van der Waals surface area contributed by atoms with Gasteiger partial charge >= 0.3 is 0 Å². The maximum atomic E-state index is 5.86. The number of hydrogen-bond donors (Lipinski definition) is 2. The molecule has 2 aromatic rings. The zero-order valence-electron chi connectivity index (χ0n) is 11.3. The molecule has 4 heteroatoms. The molecule has 0 bridgehead atoms. The molecule has 2 aliphatic rings. The molecule has 3 atom stereocenters. The van der Waals surface area contributed by atoms with Crippen molar-refractivity contribution in [2.45, 2.75) is 31.2 Å². The molecular weight excluding hydrogens is 248 g/mol. The third kappa shape index (κ3) is 1.75. The highest BCUT2D eigenvalue weighted by molar-refractivity contribution is 5.56. The molecule has 1 fully saturated rings. The van der Waals surface area contributed by atoms with Crippen molar-refractivity contribution in [3.05, 3.63) is 47.8 Å². The Bertz CT molecular complexity index is 640. The van der Waals surface area contributed by atoms with E-state index >= 15 is 0 Å². The van der Waals surface area contributed by atoms with Gasteiger partial charge in [0.2, 0.25) is 0 Å². The Morgan fingerprint density at radius 2 is 2.00 bits per heavy atom. The number of aryl methyl sites for hydroxylation is 1. The molecule has 102 valence electrons. The minimum absolute atomic E-state index is 0.479. The van der Waals surface area contributed by atoms with Crippen LogP contribution in [0.4, 0.5) is 11.6 Å². The predicted molar refractivity (Wildman–Crippen MR) is 79.5 cm³/mol. The lowest BCUT2D eigenvalue weighted by Gasteiger charge is -2.49. The highest BCUT2D eigenvalue weighted by atomic mass is 15.1. The van der Waals surface area contributed by atoms with Gasteiger partial charge in [0.25, 0.3) is 0 Å². The van der Waals surface area contributed by atoms with Crippen molar-refractivity contribution in [2.75, 3.05) is 11.1 Å². The lowest BCUT2D eigenvalue weighted by Crippen LogP contribution is -2.47. The van der Waals surface area contributed by atoms with Crippen molar-refractivity contribution in [1.29, 1.82) is 0 Å². The molecular formula is C16H18N4. The number of hydrogen-bond acceptors (Lipinski definition) is 4. The fourth-order valence-electron chi connectivity index (χ4n) is 3.72. The fourth-order valence-corrected chi connectivity index (χ4v) is 3.72. The highest BCUT2D eigenvalue weighted by Gasteiger charge is 2.44. The van der Waals surface area contributed by atoms with Gasteiger partial charge < -0.3 is 11.1 Å². The Labute approximate surface area is 118 Å². The number of nitrogens with zero attached hydrogens (tertiary/aromatic N) is 2. The van der Waals surface area contributed by atoms with Crippen molar-refractivity contribution < 1.29 is 0 Å². The molecule has 0 aliphatic heterocycles. The van der Waals surface area contributed by atoms with Gasteiger partial charge in [0.15, 0.2) is 11.6 Å². The van der Waals surface area contributed by atoms with Crippen molar-refractivity contribution in [3.63, 3.8) is 0 Å². The minimum Gasteiger partial charge on any atom is -0.381 e. The summed E-state index contributed by atoms with van der Waals surface area (Å²) in [5, 5.41) is 3.48. The largest absolute Gasteiger partial charge is 0.381 e. The molecule has 0 spiro atoms. The molecule has 0 saturated heterocycles. The molecule has 4 nitrogen and oxygen atoms in total. The molecule has 3 unspecified atom stereocenters. The van der Waals surface area contributed by atoms with Crippen molar-refractivity contribution >= 4 is 11.6 Å². The van der Waals surface area contributed by atoms with Crippen LogP contribution in [0.25, 0.3) is 0 Å². The van der Waals surface area contributed by atoms with E-state index in [1.54, 1.807) is 18.0 Å². The average Bonchev–Trinajstić information content (AvgIpc) is 2.46. The molecule has 3 N–H and O–H groups in total. The van der Waals surface area contributed by atoms with Crippen molar-refractivity contribution in [3.8, 4) is 0 Å². The second-order valence-electron chi connectivity index (χ2n) is 5.78. The first-order valence-electron chi connectivity index (χ1n) is 7.24. The zero-order valence-corrected chi connectivity index (χ0v) is 11.3. The van der Waals surface area contributed by atoms with Crippen molar-refractivity contribution in [1.82, 2.24) is 9.97 Å². The summed E-state index contributed by atoms with van der Waals surface area (Å²) < 4.78 is 0. The van der Waals surface area contributed by atoms with Gasteiger partial charge in [0.05, 0.1) is 0 Å². The number of fused-ring (bicyclic) bond motifs is 3. The van der Waals surface area contributed by atoms with Crippen LogP contribution in [0.5, 0.6) is 0 Å². The first-order valence-corrected chi connectivity index (χ1v) is 7.24. The van der Waals surface area contributed by atoms with Crippen LogP contribution in [-0.2, 0) is 6.42 Å². The topological polar surface area (TPSA) is 63.8 Å². The third-order valence-corrected chi connectivity index (χ3v) is 4.79. The van der Waals surface area contributed by atoms with E-state index in [0.717, 1.165) is 12.2 Å². The van der Waals surface area contributed by atoms with Crippen LogP contribution in [-0.4, -0.2) is 16.0 Å². The Morgan fingerprint density at radius 3 is 2.90 bits per heavy atom. The second kappa shape index (κ2) is 4.47. The number of nitrogen functional groups attached to an aromatic ring is 1. The summed E-state index contributed by atoms with van der Waals surface area (Å²) in [7, 11) is 0. The van der Waals surface area contributed by atoms with Gasteiger partial charge in [-0.3, -0.25) is 0 Å². The SMILES string of the molecule is Nc1nccnc1NC1CC2c3ccccc3CCC12. The Hall–Kier alpha value is -2.10. The zero-order chi connectivity index (χ0) is 13.5. The number of aromatic nitrogens is 2. The van der Waals surface area contributed by atoms with E-state index in [1.165, 1.54) is 18.4 Å². The molecule has 0 radical (unpaired) electrons. The Kier molecular flexibility index (Phi) is 2.62. The monoisotopic (exact) mass is 266 g/mol. The van der Waals surface area contributed by atoms with E-state index in [-0.39, 0.29) is 0 Å². The molecule has 1 heterocycles. The van der Waals surface area contributed by atoms with Crippen LogP contribution in [0.2, 0.25) is 0 Å². The van der Waals surface area contributed by atoms with Crippen LogP contribution in [0.15, 0.2) is 36.7 Å². The summed E-state index contributed by atoms with van der Waals surface area (Å²) in [6, 6.07) is 9.34. The van der Waals surface area contributed by atoms with Gasteiger partial charge in [0, 0.05) is 18.4 Å². The molecule has 0 amide bonds. The van der Waals surface area contributed by atoms with Crippen LogP contribution < -0.4 is 11.1 Å². The lowest BCUT2D eigenvalue weighted by molar-refractivity contribution is 0.194. The van der Waals surface area contributed by atoms with Crippen LogP contribution in [0.1, 0.15) is 29.9 Å². The maximum absolute atomic E-state index is 5.86. The molecule has 1 aromatic heterocycles. The quantitative estimate of drug-likeness (QED) is 0.877. The smallest absolute Gasteiger partial charge is 0.169 e. The van der Waals surface area contributed by atoms with Gasteiger partial charge in [-0.2, -0.15) is 0 Å². The molecule has 4 rings (SSSR count). The van der Waals surface area contributed by atoms with Gasteiger partial charge in [-0.05, 0) is 42.2 Å². The summed E-state index contributed by atoms with van der Waals surface area (Å²) in [5.74, 6) is 2.63. The van der Waals surface area contributed by atoms with E-state index in [4.69, 9.17) is 5.73 Å². The molecule has 1 aromatic carbocycles. The molecule has 20 heavy (non-hydrogen) atoms. The Balaban J connectivity index is 1.52. The van der Waals surface area contributed by atoms with Crippen molar-refractivity contribution in [2.24, 2.45) is 5.92 Å². The van der Waals surface area contributed by atoms with Gasteiger partial charge in [-0.15, -0.1) is 0 Å². The summed E-state index contributed by atoms with van der Waals surface area (Å²) in [6.07, 6.45) is 6.91. The highest BCUT2D eigenvalue weighted by Crippen LogP contribution is 2.50. The maximum Gasteiger partial charge on any atom is 0.169 e. The van der Waals surface area contributed by atoms with E-state index in [1.807, 2.05) is 0 Å². The normalized spacial score (nSPS) is 27.1. The number of anilines is 2. The lowest BCUT2D eigenvalue weighted by atomic mass is 9.60. The summed E-state index contributed by atoms with van der Waals surface area (Å²) >= 11 is 0. The van der Waals surface area contributed by atoms with Gasteiger partial charge in [-0.1, -0.05) is 24.3 Å². The fraction of sp³-hybridized carbons (Fsp3) is 0.375. The van der Waals surface area contributed by atoms with Gasteiger partial charge in [0.1, 0.15) is 0 Å². The van der Waals surface area contributed by atoms with Crippen LogP contribution in [0, 0.1) is 5.92 Å². The van der Waals surface area contributed by atoms with Crippen LogP contribution in [0.3, 0.4) is 0 Å². The summed E-state index contributed by atoms with van der Waals surface area (Å²) in [6.45, 7) is 0. The number of rotatable bonds is 2. The standard InChI is InChI=1S/C16H18N4/c17-15-16(19-8-7-18-15)20-14-9-13-11-4-2-1-3-10(11)5-6-12(13)14/h1-4,7-8,12-14H,5-6,9H2,(H2,17,18)(H,19,20). The second-order valence-corrected chi connectivity index (χ2v) is 5.78. The van der Waals surface area contributed by atoms with E-state index in [2.05, 4.69) is 39.6 Å².